The summed E-state index contributed by atoms with van der Waals surface area (Å²) in [7, 11) is 0. The Hall–Kier alpha value is -0.260. The lowest BCUT2D eigenvalue weighted by Gasteiger charge is -2.29. The van der Waals surface area contributed by atoms with E-state index < -0.39 is 0 Å². The SMILES string of the molecule is CC(SCCO)C(=O)N1CCOCC1. The van der Waals surface area contributed by atoms with Crippen LogP contribution in [0.5, 0.6) is 0 Å². The normalized spacial score (nSPS) is 19.4. The fourth-order valence-corrected chi connectivity index (χ4v) is 2.09. The molecule has 1 aliphatic rings. The second-order valence-corrected chi connectivity index (χ2v) is 4.62. The first-order valence-corrected chi connectivity index (χ1v) is 5.89. The van der Waals surface area contributed by atoms with Crippen molar-refractivity contribution in [3.8, 4) is 0 Å². The van der Waals surface area contributed by atoms with Crippen molar-refractivity contribution in [2.75, 3.05) is 38.7 Å². The number of amides is 1. The van der Waals surface area contributed by atoms with Crippen molar-refractivity contribution in [2.24, 2.45) is 0 Å². The number of carbonyl (C=O) groups is 1. The average molecular weight is 219 g/mol. The Kier molecular flexibility index (Phi) is 5.29. The van der Waals surface area contributed by atoms with Crippen molar-refractivity contribution in [2.45, 2.75) is 12.2 Å². The number of ether oxygens (including phenoxy) is 1. The van der Waals surface area contributed by atoms with Crippen molar-refractivity contribution in [1.29, 1.82) is 0 Å². The zero-order valence-corrected chi connectivity index (χ0v) is 9.26. The average Bonchev–Trinajstić information content (AvgIpc) is 2.26. The molecule has 14 heavy (non-hydrogen) atoms. The molecule has 1 N–H and O–H groups in total. The van der Waals surface area contributed by atoms with Gasteiger partial charge in [-0.15, -0.1) is 11.8 Å². The van der Waals surface area contributed by atoms with Crippen LogP contribution >= 0.6 is 11.8 Å². The molecule has 1 amide bonds. The van der Waals surface area contributed by atoms with Crippen LogP contribution in [0.2, 0.25) is 0 Å². The van der Waals surface area contributed by atoms with Crippen LogP contribution in [-0.2, 0) is 9.53 Å². The van der Waals surface area contributed by atoms with Gasteiger partial charge in [-0.2, -0.15) is 0 Å². The first-order chi connectivity index (χ1) is 6.75. The van der Waals surface area contributed by atoms with E-state index in [1.165, 1.54) is 11.8 Å². The van der Waals surface area contributed by atoms with Crippen LogP contribution in [-0.4, -0.2) is 59.8 Å². The Bertz CT molecular complexity index is 183. The molecule has 1 fully saturated rings. The number of rotatable bonds is 4. The summed E-state index contributed by atoms with van der Waals surface area (Å²) in [6.07, 6.45) is 0. The maximum absolute atomic E-state index is 11.8. The van der Waals surface area contributed by atoms with Crippen molar-refractivity contribution in [3.05, 3.63) is 0 Å². The van der Waals surface area contributed by atoms with Gasteiger partial charge in [0.25, 0.3) is 0 Å². The summed E-state index contributed by atoms with van der Waals surface area (Å²) in [6, 6.07) is 0. The van der Waals surface area contributed by atoms with Gasteiger partial charge in [0.15, 0.2) is 0 Å². The van der Waals surface area contributed by atoms with Gasteiger partial charge in [-0.05, 0) is 6.92 Å². The van der Waals surface area contributed by atoms with Gasteiger partial charge >= 0.3 is 0 Å². The molecular formula is C9H17NO3S. The van der Waals surface area contributed by atoms with Crippen LogP contribution in [0.25, 0.3) is 0 Å². The summed E-state index contributed by atoms with van der Waals surface area (Å²) in [5.41, 5.74) is 0. The summed E-state index contributed by atoms with van der Waals surface area (Å²) < 4.78 is 5.17. The number of hydrogen-bond acceptors (Lipinski definition) is 4. The van der Waals surface area contributed by atoms with Crippen molar-refractivity contribution >= 4 is 17.7 Å². The lowest BCUT2D eigenvalue weighted by atomic mass is 10.3. The molecule has 0 radical (unpaired) electrons. The number of hydrogen-bond donors (Lipinski definition) is 1. The minimum atomic E-state index is -0.0553. The Morgan fingerprint density at radius 1 is 1.57 bits per heavy atom. The van der Waals surface area contributed by atoms with E-state index in [-0.39, 0.29) is 17.8 Å². The summed E-state index contributed by atoms with van der Waals surface area (Å²) in [6.45, 7) is 4.70. The first-order valence-electron chi connectivity index (χ1n) is 4.84. The molecule has 1 aliphatic heterocycles. The highest BCUT2D eigenvalue weighted by molar-refractivity contribution is 8.00. The molecule has 5 heteroatoms. The third-order valence-electron chi connectivity index (χ3n) is 2.13. The highest BCUT2D eigenvalue weighted by Crippen LogP contribution is 2.13. The maximum atomic E-state index is 11.8. The Labute approximate surface area is 88.6 Å². The molecule has 0 saturated carbocycles. The number of aliphatic hydroxyl groups excluding tert-OH is 1. The van der Waals surface area contributed by atoms with Gasteiger partial charge in [0.2, 0.25) is 5.91 Å². The van der Waals surface area contributed by atoms with Crippen LogP contribution in [0.4, 0.5) is 0 Å². The van der Waals surface area contributed by atoms with Crippen molar-refractivity contribution < 1.29 is 14.6 Å². The van der Waals surface area contributed by atoms with E-state index in [1.54, 1.807) is 0 Å². The fraction of sp³-hybridized carbons (Fsp3) is 0.889. The summed E-state index contributed by atoms with van der Waals surface area (Å²) in [5.74, 6) is 0.781. The van der Waals surface area contributed by atoms with Crippen molar-refractivity contribution in [3.63, 3.8) is 0 Å². The van der Waals surface area contributed by atoms with Crippen LogP contribution in [0.15, 0.2) is 0 Å². The van der Waals surface area contributed by atoms with E-state index in [1.807, 2.05) is 11.8 Å². The third-order valence-corrected chi connectivity index (χ3v) is 3.25. The first kappa shape index (κ1) is 11.8. The van der Waals surface area contributed by atoms with Gasteiger partial charge in [-0.1, -0.05) is 0 Å². The monoisotopic (exact) mass is 219 g/mol. The summed E-state index contributed by atoms with van der Waals surface area (Å²) >= 11 is 1.50. The maximum Gasteiger partial charge on any atom is 0.235 e. The number of morpholine rings is 1. The van der Waals surface area contributed by atoms with Gasteiger partial charge in [-0.25, -0.2) is 0 Å². The zero-order chi connectivity index (χ0) is 10.4. The molecule has 82 valence electrons. The van der Waals surface area contributed by atoms with Gasteiger partial charge in [-0.3, -0.25) is 4.79 Å². The van der Waals surface area contributed by atoms with Crippen LogP contribution in [0.1, 0.15) is 6.92 Å². The van der Waals surface area contributed by atoms with Crippen LogP contribution < -0.4 is 0 Å². The molecule has 1 atom stereocenters. The molecule has 0 bridgehead atoms. The number of thioether (sulfide) groups is 1. The highest BCUT2D eigenvalue weighted by atomic mass is 32.2. The highest BCUT2D eigenvalue weighted by Gasteiger charge is 2.22. The fourth-order valence-electron chi connectivity index (χ4n) is 1.34. The van der Waals surface area contributed by atoms with E-state index >= 15 is 0 Å². The molecule has 1 unspecified atom stereocenters. The molecule has 0 aromatic rings. The second-order valence-electron chi connectivity index (χ2n) is 3.17. The van der Waals surface area contributed by atoms with E-state index in [4.69, 9.17) is 9.84 Å². The molecule has 4 nitrogen and oxygen atoms in total. The minimum absolute atomic E-state index is 0.0553. The van der Waals surface area contributed by atoms with Crippen LogP contribution in [0, 0.1) is 0 Å². The van der Waals surface area contributed by atoms with Gasteiger partial charge in [0, 0.05) is 18.8 Å². The van der Waals surface area contributed by atoms with Gasteiger partial charge in [0.1, 0.15) is 0 Å². The number of carbonyl (C=O) groups excluding carboxylic acids is 1. The lowest BCUT2D eigenvalue weighted by molar-refractivity contribution is -0.134. The largest absolute Gasteiger partial charge is 0.396 e. The van der Waals surface area contributed by atoms with Gasteiger partial charge < -0.3 is 14.7 Å². The van der Waals surface area contributed by atoms with Crippen molar-refractivity contribution in [1.82, 2.24) is 4.90 Å². The smallest absolute Gasteiger partial charge is 0.235 e. The Balaban J connectivity index is 2.30. The topological polar surface area (TPSA) is 49.8 Å². The second kappa shape index (κ2) is 6.27. The molecule has 1 heterocycles. The predicted molar refractivity (Wildman–Crippen MR) is 56.4 cm³/mol. The summed E-state index contributed by atoms with van der Waals surface area (Å²) in [4.78, 5) is 13.6. The molecule has 0 aromatic carbocycles. The number of aliphatic hydroxyl groups is 1. The molecule has 0 spiro atoms. The number of nitrogens with zero attached hydrogens (tertiary/aromatic N) is 1. The van der Waals surface area contributed by atoms with Gasteiger partial charge in [0.05, 0.1) is 25.1 Å². The molecule has 1 saturated heterocycles. The Morgan fingerprint density at radius 3 is 2.79 bits per heavy atom. The minimum Gasteiger partial charge on any atom is -0.396 e. The molecule has 0 aliphatic carbocycles. The van der Waals surface area contributed by atoms with E-state index in [9.17, 15) is 4.79 Å². The molecule has 1 rings (SSSR count). The predicted octanol–water partition coefficient (Wildman–Crippen LogP) is -0.0408. The lowest BCUT2D eigenvalue weighted by Crippen LogP contribution is -2.44. The standard InChI is InChI=1S/C9H17NO3S/c1-8(14-7-4-11)9(12)10-2-5-13-6-3-10/h8,11H,2-7H2,1H3. The zero-order valence-electron chi connectivity index (χ0n) is 8.44. The molecule has 0 aromatic heterocycles. The Morgan fingerprint density at radius 2 is 2.21 bits per heavy atom. The quantitative estimate of drug-likeness (QED) is 0.721. The van der Waals surface area contributed by atoms with E-state index in [0.29, 0.717) is 32.1 Å². The third kappa shape index (κ3) is 3.48. The van der Waals surface area contributed by atoms with Crippen LogP contribution in [0.3, 0.4) is 0 Å². The molecular weight excluding hydrogens is 202 g/mol. The summed E-state index contributed by atoms with van der Waals surface area (Å²) in [5, 5.41) is 8.59. The van der Waals surface area contributed by atoms with E-state index in [0.717, 1.165) is 0 Å². The van der Waals surface area contributed by atoms with E-state index in [2.05, 4.69) is 0 Å².